The standard InChI is InChI=1S/C26H19BrClNO6S/c1-2-34-21-11-16(10-20(27)23(21)35-14-15-6-8-17(9-7-15)25(31)32)12-22-24(30)29(26(33)36-22)19-5-3-4-18(28)13-19/h3-13H,2,14H2,1H3,(H,31,32)/b22-12+. The lowest BCUT2D eigenvalue weighted by Crippen LogP contribution is -2.27. The van der Waals surface area contributed by atoms with E-state index in [0.29, 0.717) is 38.9 Å². The number of imide groups is 1. The van der Waals surface area contributed by atoms with Crippen molar-refractivity contribution in [1.29, 1.82) is 0 Å². The fourth-order valence-corrected chi connectivity index (χ4v) is 5.03. The zero-order valence-electron chi connectivity index (χ0n) is 18.9. The Morgan fingerprint density at radius 2 is 1.86 bits per heavy atom. The zero-order chi connectivity index (χ0) is 25.8. The summed E-state index contributed by atoms with van der Waals surface area (Å²) in [5.41, 5.74) is 2.02. The number of hydrogen-bond donors (Lipinski definition) is 1. The summed E-state index contributed by atoms with van der Waals surface area (Å²) in [6.45, 7) is 2.41. The molecule has 0 bridgehead atoms. The first-order chi connectivity index (χ1) is 17.3. The maximum atomic E-state index is 13.0. The van der Waals surface area contributed by atoms with Crippen LogP contribution in [-0.4, -0.2) is 28.8 Å². The number of carboxylic acid groups (broad SMARTS) is 1. The molecular formula is C26H19BrClNO6S. The van der Waals surface area contributed by atoms with Gasteiger partial charge in [0.05, 0.1) is 27.2 Å². The van der Waals surface area contributed by atoms with Crippen molar-refractivity contribution in [3.05, 3.63) is 91.8 Å². The molecule has 7 nitrogen and oxygen atoms in total. The third-order valence-corrected chi connectivity index (χ3v) is 6.77. The predicted molar refractivity (Wildman–Crippen MR) is 143 cm³/mol. The van der Waals surface area contributed by atoms with Crippen LogP contribution in [0.3, 0.4) is 0 Å². The molecule has 36 heavy (non-hydrogen) atoms. The van der Waals surface area contributed by atoms with Crippen LogP contribution in [0, 0.1) is 0 Å². The van der Waals surface area contributed by atoms with Gasteiger partial charge in [0.2, 0.25) is 0 Å². The molecule has 1 heterocycles. The van der Waals surface area contributed by atoms with E-state index in [0.717, 1.165) is 22.2 Å². The predicted octanol–water partition coefficient (Wildman–Crippen LogP) is 7.02. The molecule has 1 saturated heterocycles. The van der Waals surface area contributed by atoms with E-state index in [1.807, 2.05) is 6.92 Å². The Labute approximate surface area is 224 Å². The fraction of sp³-hybridized carbons (Fsp3) is 0.115. The number of rotatable bonds is 8. The van der Waals surface area contributed by atoms with Crippen molar-refractivity contribution < 1.29 is 29.0 Å². The van der Waals surface area contributed by atoms with Crippen LogP contribution in [0.1, 0.15) is 28.4 Å². The normalized spacial score (nSPS) is 14.4. The quantitative estimate of drug-likeness (QED) is 0.283. The van der Waals surface area contributed by atoms with Gasteiger partial charge < -0.3 is 14.6 Å². The highest BCUT2D eigenvalue weighted by Crippen LogP contribution is 2.40. The molecule has 1 fully saturated rings. The average molecular weight is 589 g/mol. The number of carbonyl (C=O) groups excluding carboxylic acids is 2. The van der Waals surface area contributed by atoms with Crippen LogP contribution in [0.5, 0.6) is 11.5 Å². The number of hydrogen-bond acceptors (Lipinski definition) is 6. The third-order valence-electron chi connectivity index (χ3n) is 5.07. The highest BCUT2D eigenvalue weighted by molar-refractivity contribution is 9.10. The van der Waals surface area contributed by atoms with Gasteiger partial charge in [-0.3, -0.25) is 9.59 Å². The maximum absolute atomic E-state index is 13.0. The first-order valence-corrected chi connectivity index (χ1v) is 12.7. The van der Waals surface area contributed by atoms with Crippen LogP contribution >= 0.6 is 39.3 Å². The van der Waals surface area contributed by atoms with Gasteiger partial charge in [-0.1, -0.05) is 29.8 Å². The molecule has 1 N–H and O–H groups in total. The number of halogens is 2. The van der Waals surface area contributed by atoms with Crippen LogP contribution < -0.4 is 14.4 Å². The molecule has 3 aromatic carbocycles. The number of anilines is 1. The number of benzene rings is 3. The summed E-state index contributed by atoms with van der Waals surface area (Å²) < 4.78 is 12.3. The minimum Gasteiger partial charge on any atom is -0.490 e. The number of amides is 2. The Bertz CT molecular complexity index is 1380. The Kier molecular flexibility index (Phi) is 8.03. The summed E-state index contributed by atoms with van der Waals surface area (Å²) in [6.07, 6.45) is 1.62. The topological polar surface area (TPSA) is 93.1 Å². The molecule has 2 amide bonds. The highest BCUT2D eigenvalue weighted by Gasteiger charge is 2.36. The van der Waals surface area contributed by atoms with Crippen LogP contribution in [0.2, 0.25) is 5.02 Å². The van der Waals surface area contributed by atoms with E-state index in [1.54, 1.807) is 54.6 Å². The molecule has 0 aliphatic carbocycles. The minimum atomic E-state index is -0.996. The lowest BCUT2D eigenvalue weighted by atomic mass is 10.1. The Hall–Kier alpha value is -3.27. The molecule has 1 aliphatic rings. The van der Waals surface area contributed by atoms with Crippen molar-refractivity contribution in [2.24, 2.45) is 0 Å². The molecule has 10 heteroatoms. The van der Waals surface area contributed by atoms with E-state index in [2.05, 4.69) is 15.9 Å². The van der Waals surface area contributed by atoms with Gasteiger partial charge in [0.1, 0.15) is 6.61 Å². The molecular weight excluding hydrogens is 570 g/mol. The number of aromatic carboxylic acids is 1. The number of carboxylic acids is 1. The van der Waals surface area contributed by atoms with Crippen molar-refractivity contribution in [3.8, 4) is 11.5 Å². The Balaban J connectivity index is 1.57. The minimum absolute atomic E-state index is 0.191. The second-order valence-corrected chi connectivity index (χ2v) is 9.83. The van der Waals surface area contributed by atoms with Crippen molar-refractivity contribution in [2.75, 3.05) is 11.5 Å². The molecule has 0 unspecified atom stereocenters. The smallest absolute Gasteiger partial charge is 0.335 e. The van der Waals surface area contributed by atoms with E-state index in [9.17, 15) is 14.4 Å². The second kappa shape index (κ2) is 11.2. The molecule has 4 rings (SSSR count). The SMILES string of the molecule is CCOc1cc(/C=C2/SC(=O)N(c3cccc(Cl)c3)C2=O)cc(Br)c1OCc1ccc(C(=O)O)cc1. The Morgan fingerprint density at radius 3 is 2.53 bits per heavy atom. The van der Waals surface area contributed by atoms with Crippen molar-refractivity contribution >= 4 is 68.2 Å². The number of nitrogens with zero attached hydrogens (tertiary/aromatic N) is 1. The Morgan fingerprint density at radius 1 is 1.11 bits per heavy atom. The molecule has 0 atom stereocenters. The van der Waals surface area contributed by atoms with Crippen molar-refractivity contribution in [1.82, 2.24) is 0 Å². The van der Waals surface area contributed by atoms with Gasteiger partial charge in [0, 0.05) is 5.02 Å². The lowest BCUT2D eigenvalue weighted by molar-refractivity contribution is -0.113. The second-order valence-electron chi connectivity index (χ2n) is 7.55. The highest BCUT2D eigenvalue weighted by atomic mass is 79.9. The zero-order valence-corrected chi connectivity index (χ0v) is 22.0. The van der Waals surface area contributed by atoms with Gasteiger partial charge >= 0.3 is 5.97 Å². The molecule has 0 aromatic heterocycles. The summed E-state index contributed by atoms with van der Waals surface area (Å²) in [5, 5.41) is 9.06. The summed E-state index contributed by atoms with van der Waals surface area (Å²) >= 11 is 10.4. The van der Waals surface area contributed by atoms with Crippen LogP contribution in [0.4, 0.5) is 10.5 Å². The maximum Gasteiger partial charge on any atom is 0.335 e. The van der Waals surface area contributed by atoms with Crippen molar-refractivity contribution in [3.63, 3.8) is 0 Å². The summed E-state index contributed by atoms with van der Waals surface area (Å²) in [6, 6.07) is 16.4. The van der Waals surface area contributed by atoms with Crippen molar-refractivity contribution in [2.45, 2.75) is 13.5 Å². The number of carbonyl (C=O) groups is 3. The average Bonchev–Trinajstić information content (AvgIpc) is 3.11. The van der Waals surface area contributed by atoms with E-state index >= 15 is 0 Å². The molecule has 0 radical (unpaired) electrons. The molecule has 0 saturated carbocycles. The van der Waals surface area contributed by atoms with Crippen LogP contribution in [0.25, 0.3) is 6.08 Å². The van der Waals surface area contributed by atoms with Crippen LogP contribution in [0.15, 0.2) is 70.0 Å². The fourth-order valence-electron chi connectivity index (χ4n) is 3.43. The van der Waals surface area contributed by atoms with E-state index < -0.39 is 17.1 Å². The van der Waals surface area contributed by atoms with Gasteiger partial charge in [-0.25, -0.2) is 9.69 Å². The van der Waals surface area contributed by atoms with E-state index in [4.69, 9.17) is 26.2 Å². The van der Waals surface area contributed by atoms with Gasteiger partial charge in [-0.15, -0.1) is 0 Å². The summed E-state index contributed by atoms with van der Waals surface area (Å²) in [4.78, 5) is 38.0. The molecule has 184 valence electrons. The largest absolute Gasteiger partial charge is 0.490 e. The third kappa shape index (κ3) is 5.75. The first-order valence-electron chi connectivity index (χ1n) is 10.7. The number of thioether (sulfide) groups is 1. The molecule has 1 aliphatic heterocycles. The monoisotopic (exact) mass is 587 g/mol. The summed E-state index contributed by atoms with van der Waals surface area (Å²) in [5.74, 6) is -0.519. The molecule has 0 spiro atoms. The van der Waals surface area contributed by atoms with Gasteiger partial charge in [0.15, 0.2) is 11.5 Å². The van der Waals surface area contributed by atoms with Gasteiger partial charge in [-0.05, 0) is 94.3 Å². The van der Waals surface area contributed by atoms with Crippen LogP contribution in [-0.2, 0) is 11.4 Å². The lowest BCUT2D eigenvalue weighted by Gasteiger charge is -2.15. The molecule has 3 aromatic rings. The van der Waals surface area contributed by atoms with Gasteiger partial charge in [0.25, 0.3) is 11.1 Å². The number of ether oxygens (including phenoxy) is 2. The van der Waals surface area contributed by atoms with E-state index in [-0.39, 0.29) is 17.1 Å². The van der Waals surface area contributed by atoms with E-state index in [1.165, 1.54) is 12.1 Å². The summed E-state index contributed by atoms with van der Waals surface area (Å²) in [7, 11) is 0. The first kappa shape index (κ1) is 25.8. The van der Waals surface area contributed by atoms with Gasteiger partial charge in [-0.2, -0.15) is 0 Å².